The van der Waals surface area contributed by atoms with Crippen molar-refractivity contribution in [1.82, 2.24) is 4.98 Å². The van der Waals surface area contributed by atoms with Gasteiger partial charge in [0.05, 0.1) is 9.90 Å². The maximum absolute atomic E-state index is 10.9. The number of thiophene rings is 1. The van der Waals surface area contributed by atoms with Gasteiger partial charge in [-0.25, -0.2) is 0 Å². The molecule has 0 saturated heterocycles. The van der Waals surface area contributed by atoms with Gasteiger partial charge < -0.3 is 0 Å². The van der Waals surface area contributed by atoms with E-state index in [1.54, 1.807) is 24.5 Å². The first-order valence-electron chi connectivity index (χ1n) is 4.16. The average Bonchev–Trinajstić information content (AvgIpc) is 2.61. The molecule has 7 heteroatoms. The molecule has 0 unspecified atom stereocenters. The molecule has 0 atom stereocenters. The van der Waals surface area contributed by atoms with Crippen LogP contribution in [0.4, 0.5) is 0 Å². The molecule has 0 bridgehead atoms. The molecule has 2 aromatic rings. The van der Waals surface area contributed by atoms with E-state index < -0.39 is 10.1 Å². The van der Waals surface area contributed by atoms with Crippen LogP contribution in [0.5, 0.6) is 0 Å². The molecule has 2 rings (SSSR count). The Kier molecular flexibility index (Phi) is 2.98. The molecular weight excluding hydrogens is 270 g/mol. The van der Waals surface area contributed by atoms with Crippen LogP contribution < -0.4 is 0 Å². The predicted molar refractivity (Wildman–Crippen MR) is 62.4 cm³/mol. The Morgan fingerprint density at radius 1 is 1.44 bits per heavy atom. The van der Waals surface area contributed by atoms with Gasteiger partial charge in [-0.05, 0) is 12.1 Å². The van der Waals surface area contributed by atoms with Crippen LogP contribution >= 0.6 is 22.9 Å². The fourth-order valence-electron chi connectivity index (χ4n) is 1.17. The summed E-state index contributed by atoms with van der Waals surface area (Å²) in [7, 11) is -4.20. The second kappa shape index (κ2) is 4.14. The Hall–Kier alpha value is -0.950. The standard InChI is InChI=1S/C9H6ClNO3S2/c10-7-4-8(16(12,13)14)15-9(7)6-2-1-3-11-5-6/h1-5H,(H,12,13,14). The molecule has 0 saturated carbocycles. The third kappa shape index (κ3) is 2.25. The summed E-state index contributed by atoms with van der Waals surface area (Å²) in [5, 5.41) is 0.283. The minimum Gasteiger partial charge on any atom is -0.281 e. The van der Waals surface area contributed by atoms with Crippen molar-refractivity contribution in [3.8, 4) is 10.4 Å². The fraction of sp³-hybridized carbons (Fsp3) is 0. The van der Waals surface area contributed by atoms with E-state index in [-0.39, 0.29) is 9.23 Å². The molecule has 0 aliphatic rings. The molecule has 84 valence electrons. The number of hydrogen-bond acceptors (Lipinski definition) is 4. The zero-order valence-corrected chi connectivity index (χ0v) is 10.2. The number of halogens is 1. The number of rotatable bonds is 2. The lowest BCUT2D eigenvalue weighted by Crippen LogP contribution is -1.93. The van der Waals surface area contributed by atoms with Crippen molar-refractivity contribution >= 4 is 33.1 Å². The summed E-state index contributed by atoms with van der Waals surface area (Å²) >= 11 is 6.80. The Morgan fingerprint density at radius 2 is 2.19 bits per heavy atom. The van der Waals surface area contributed by atoms with Gasteiger partial charge in [-0.3, -0.25) is 9.54 Å². The van der Waals surface area contributed by atoms with Gasteiger partial charge in [-0.2, -0.15) is 8.42 Å². The van der Waals surface area contributed by atoms with Gasteiger partial charge in [0.1, 0.15) is 4.21 Å². The Labute approximate surface area is 101 Å². The van der Waals surface area contributed by atoms with Gasteiger partial charge in [-0.15, -0.1) is 11.3 Å². The zero-order chi connectivity index (χ0) is 11.8. The maximum Gasteiger partial charge on any atom is 0.304 e. The molecule has 0 spiro atoms. The summed E-state index contributed by atoms with van der Waals surface area (Å²) < 4.78 is 30.6. The number of aromatic nitrogens is 1. The van der Waals surface area contributed by atoms with Crippen LogP contribution in [0.1, 0.15) is 0 Å². The molecule has 0 aliphatic carbocycles. The van der Waals surface area contributed by atoms with Gasteiger partial charge in [0, 0.05) is 18.0 Å². The van der Waals surface area contributed by atoms with Crippen molar-refractivity contribution in [2.24, 2.45) is 0 Å². The summed E-state index contributed by atoms with van der Waals surface area (Å²) in [6.45, 7) is 0. The normalized spacial score (nSPS) is 11.6. The molecule has 0 radical (unpaired) electrons. The summed E-state index contributed by atoms with van der Waals surface area (Å²) in [4.78, 5) is 4.48. The highest BCUT2D eigenvalue weighted by Crippen LogP contribution is 2.37. The molecule has 0 fully saturated rings. The summed E-state index contributed by atoms with van der Waals surface area (Å²) in [5.74, 6) is 0. The minimum atomic E-state index is -4.20. The van der Waals surface area contributed by atoms with Crippen molar-refractivity contribution < 1.29 is 13.0 Å². The molecule has 16 heavy (non-hydrogen) atoms. The molecule has 1 N–H and O–H groups in total. The SMILES string of the molecule is O=S(=O)(O)c1cc(Cl)c(-c2cccnc2)s1. The van der Waals surface area contributed by atoms with Crippen molar-refractivity contribution in [1.29, 1.82) is 0 Å². The van der Waals surface area contributed by atoms with Gasteiger partial charge >= 0.3 is 10.1 Å². The molecule has 0 aromatic carbocycles. The lowest BCUT2D eigenvalue weighted by atomic mass is 10.2. The van der Waals surface area contributed by atoms with Crippen molar-refractivity contribution in [3.05, 3.63) is 35.6 Å². The first-order chi connectivity index (χ1) is 7.48. The van der Waals surface area contributed by atoms with E-state index in [1.807, 2.05) is 0 Å². The van der Waals surface area contributed by atoms with E-state index in [1.165, 1.54) is 6.07 Å². The van der Waals surface area contributed by atoms with Crippen molar-refractivity contribution in [2.75, 3.05) is 0 Å². The van der Waals surface area contributed by atoms with Crippen LogP contribution in [0.15, 0.2) is 34.8 Å². The first kappa shape index (κ1) is 11.5. The molecule has 2 heterocycles. The second-order valence-corrected chi connectivity index (χ2v) is 6.07. The van der Waals surface area contributed by atoms with E-state index in [4.69, 9.17) is 16.2 Å². The zero-order valence-electron chi connectivity index (χ0n) is 7.79. The molecular formula is C9H6ClNO3S2. The largest absolute Gasteiger partial charge is 0.304 e. The van der Waals surface area contributed by atoms with Gasteiger partial charge in [0.2, 0.25) is 0 Å². The average molecular weight is 276 g/mol. The van der Waals surface area contributed by atoms with Crippen LogP contribution in [0.2, 0.25) is 5.02 Å². The number of nitrogens with zero attached hydrogens (tertiary/aromatic N) is 1. The minimum absolute atomic E-state index is 0.170. The third-order valence-electron chi connectivity index (χ3n) is 1.84. The van der Waals surface area contributed by atoms with Crippen LogP contribution in [0.3, 0.4) is 0 Å². The van der Waals surface area contributed by atoms with E-state index in [2.05, 4.69) is 4.98 Å². The number of hydrogen-bond donors (Lipinski definition) is 1. The highest BCUT2D eigenvalue weighted by molar-refractivity contribution is 7.88. The van der Waals surface area contributed by atoms with Gasteiger partial charge in [0.15, 0.2) is 0 Å². The van der Waals surface area contributed by atoms with Crippen molar-refractivity contribution in [3.63, 3.8) is 0 Å². The van der Waals surface area contributed by atoms with E-state index in [0.29, 0.717) is 10.4 Å². The second-order valence-electron chi connectivity index (χ2n) is 2.96. The maximum atomic E-state index is 10.9. The first-order valence-corrected chi connectivity index (χ1v) is 6.79. The fourth-order valence-corrected chi connectivity index (χ4v) is 3.34. The highest BCUT2D eigenvalue weighted by atomic mass is 35.5. The van der Waals surface area contributed by atoms with Gasteiger partial charge in [-0.1, -0.05) is 17.7 Å². The lowest BCUT2D eigenvalue weighted by Gasteiger charge is -1.95. The Balaban J connectivity index is 2.57. The predicted octanol–water partition coefficient (Wildman–Crippen LogP) is 2.71. The van der Waals surface area contributed by atoms with Crippen molar-refractivity contribution in [2.45, 2.75) is 4.21 Å². The lowest BCUT2D eigenvalue weighted by molar-refractivity contribution is 0.485. The topological polar surface area (TPSA) is 67.3 Å². The van der Waals surface area contributed by atoms with Crippen LogP contribution in [0, 0.1) is 0 Å². The Morgan fingerprint density at radius 3 is 2.69 bits per heavy atom. The molecule has 0 aliphatic heterocycles. The van der Waals surface area contributed by atoms with Crippen LogP contribution in [-0.4, -0.2) is 18.0 Å². The van der Waals surface area contributed by atoms with Crippen LogP contribution in [-0.2, 0) is 10.1 Å². The summed E-state index contributed by atoms with van der Waals surface area (Å²) in [5.41, 5.74) is 0.715. The van der Waals surface area contributed by atoms with E-state index in [9.17, 15) is 8.42 Å². The monoisotopic (exact) mass is 275 g/mol. The van der Waals surface area contributed by atoms with Crippen LogP contribution in [0.25, 0.3) is 10.4 Å². The highest BCUT2D eigenvalue weighted by Gasteiger charge is 2.17. The van der Waals surface area contributed by atoms with E-state index >= 15 is 0 Å². The Bertz CT molecular complexity index is 607. The quantitative estimate of drug-likeness (QED) is 0.856. The molecule has 2 aromatic heterocycles. The molecule has 0 amide bonds. The van der Waals surface area contributed by atoms with E-state index in [0.717, 1.165) is 11.3 Å². The van der Waals surface area contributed by atoms with Gasteiger partial charge in [0.25, 0.3) is 0 Å². The molecule has 4 nitrogen and oxygen atoms in total. The smallest absolute Gasteiger partial charge is 0.281 e. The summed E-state index contributed by atoms with van der Waals surface area (Å²) in [6, 6.07) is 4.71. The number of pyridine rings is 1. The third-order valence-corrected chi connectivity index (χ3v) is 4.74. The summed E-state index contributed by atoms with van der Waals surface area (Å²) in [6.07, 6.45) is 3.18.